The first-order valence-electron chi connectivity index (χ1n) is 8.57. The average molecular weight is 391 g/mol. The highest BCUT2D eigenvalue weighted by Crippen LogP contribution is 2.30. The van der Waals surface area contributed by atoms with E-state index in [1.54, 1.807) is 11.8 Å². The summed E-state index contributed by atoms with van der Waals surface area (Å²) in [5, 5.41) is 1.66. The number of halogens is 1. The molecule has 0 aliphatic carbocycles. The fraction of sp³-hybridized carbons (Fsp3) is 0.0476. The molecule has 0 aliphatic heterocycles. The van der Waals surface area contributed by atoms with Crippen molar-refractivity contribution in [2.45, 2.75) is 10.9 Å². The molecule has 2 aromatic carbocycles. The zero-order valence-electron chi connectivity index (χ0n) is 14.3. The van der Waals surface area contributed by atoms with Gasteiger partial charge in [-0.1, -0.05) is 53.7 Å². The van der Waals surface area contributed by atoms with Crippen LogP contribution in [0.3, 0.4) is 0 Å². The van der Waals surface area contributed by atoms with E-state index in [1.807, 2.05) is 65.3 Å². The molecule has 0 saturated heterocycles. The average Bonchev–Trinajstić information content (AvgIpc) is 3.27. The number of thioether (sulfide) groups is 1. The lowest BCUT2D eigenvalue weighted by molar-refractivity contribution is 0.918. The van der Waals surface area contributed by atoms with E-state index in [0.29, 0.717) is 5.02 Å². The van der Waals surface area contributed by atoms with Gasteiger partial charge >= 0.3 is 0 Å². The van der Waals surface area contributed by atoms with Crippen LogP contribution in [0.25, 0.3) is 22.4 Å². The van der Waals surface area contributed by atoms with E-state index >= 15 is 0 Å². The Balaban J connectivity index is 1.52. The molecule has 4 nitrogen and oxygen atoms in total. The molecule has 0 fully saturated rings. The summed E-state index contributed by atoms with van der Waals surface area (Å²) in [6.07, 6.45) is 3.89. The van der Waals surface area contributed by atoms with Gasteiger partial charge in [0.1, 0.15) is 5.65 Å². The molecule has 0 bridgehead atoms. The maximum atomic E-state index is 6.07. The highest BCUT2D eigenvalue weighted by molar-refractivity contribution is 7.98. The molecule has 0 atom stereocenters. The predicted octanol–water partition coefficient (Wildman–Crippen LogP) is 5.62. The summed E-state index contributed by atoms with van der Waals surface area (Å²) < 4.78 is 4.16. The van der Waals surface area contributed by atoms with Crippen molar-refractivity contribution in [2.24, 2.45) is 0 Å². The van der Waals surface area contributed by atoms with Crippen molar-refractivity contribution < 1.29 is 0 Å². The van der Waals surface area contributed by atoms with Gasteiger partial charge in [0.15, 0.2) is 5.16 Å². The van der Waals surface area contributed by atoms with Gasteiger partial charge in [-0.25, -0.2) is 9.97 Å². The Kier molecular flexibility index (Phi) is 4.11. The maximum Gasteiger partial charge on any atom is 0.174 e. The fourth-order valence-corrected chi connectivity index (χ4v) is 4.23. The van der Waals surface area contributed by atoms with Crippen molar-refractivity contribution in [1.82, 2.24) is 18.9 Å². The Hall–Kier alpha value is -2.76. The van der Waals surface area contributed by atoms with Crippen molar-refractivity contribution >= 4 is 40.0 Å². The van der Waals surface area contributed by atoms with Gasteiger partial charge in [-0.05, 0) is 36.4 Å². The van der Waals surface area contributed by atoms with Crippen molar-refractivity contribution in [1.29, 1.82) is 0 Å². The van der Waals surface area contributed by atoms with Crippen LogP contribution in [0.2, 0.25) is 5.02 Å². The maximum absolute atomic E-state index is 6.07. The molecule has 5 aromatic rings. The van der Waals surface area contributed by atoms with Gasteiger partial charge in [0.2, 0.25) is 0 Å². The third-order valence-corrected chi connectivity index (χ3v) is 5.55. The van der Waals surface area contributed by atoms with Gasteiger partial charge in [-0.15, -0.1) is 0 Å². The number of rotatable bonds is 4. The minimum atomic E-state index is 0.699. The lowest BCUT2D eigenvalue weighted by Gasteiger charge is -2.08. The number of nitrogens with zero attached hydrogens (tertiary/aromatic N) is 4. The summed E-state index contributed by atoms with van der Waals surface area (Å²) in [4.78, 5) is 9.51. The second kappa shape index (κ2) is 6.76. The zero-order chi connectivity index (χ0) is 18.2. The topological polar surface area (TPSA) is 35.1 Å². The van der Waals surface area contributed by atoms with Crippen molar-refractivity contribution in [2.75, 3.05) is 0 Å². The van der Waals surface area contributed by atoms with E-state index in [2.05, 4.69) is 27.8 Å². The third kappa shape index (κ3) is 3.09. The largest absolute Gasteiger partial charge is 0.305 e. The molecule has 3 heterocycles. The summed E-state index contributed by atoms with van der Waals surface area (Å²) in [6.45, 7) is 0. The number of pyridine rings is 1. The van der Waals surface area contributed by atoms with Crippen LogP contribution in [0, 0.1) is 0 Å². The number of benzene rings is 2. The Labute approximate surface area is 165 Å². The molecule has 6 heteroatoms. The molecule has 0 N–H and O–H groups in total. The first kappa shape index (κ1) is 16.4. The number of para-hydroxylation sites is 3. The summed E-state index contributed by atoms with van der Waals surface area (Å²) in [5.74, 6) is 0.732. The van der Waals surface area contributed by atoms with Crippen molar-refractivity contribution in [3.8, 4) is 5.69 Å². The van der Waals surface area contributed by atoms with E-state index in [1.165, 1.54) is 0 Å². The molecule has 27 heavy (non-hydrogen) atoms. The summed E-state index contributed by atoms with van der Waals surface area (Å²) >= 11 is 7.75. The van der Waals surface area contributed by atoms with Gasteiger partial charge < -0.3 is 4.40 Å². The first-order chi connectivity index (χ1) is 13.3. The molecule has 5 rings (SSSR count). The monoisotopic (exact) mass is 390 g/mol. The van der Waals surface area contributed by atoms with E-state index in [9.17, 15) is 0 Å². The highest BCUT2D eigenvalue weighted by atomic mass is 35.5. The normalized spacial score (nSPS) is 11.4. The summed E-state index contributed by atoms with van der Waals surface area (Å²) in [5.41, 5.74) is 5.09. The van der Waals surface area contributed by atoms with E-state index in [-0.39, 0.29) is 0 Å². The third-order valence-electron chi connectivity index (χ3n) is 4.36. The van der Waals surface area contributed by atoms with Gasteiger partial charge in [-0.3, -0.25) is 4.57 Å². The van der Waals surface area contributed by atoms with Gasteiger partial charge in [0.05, 0.1) is 21.7 Å². The van der Waals surface area contributed by atoms with Crippen LogP contribution in [0.4, 0.5) is 0 Å². The smallest absolute Gasteiger partial charge is 0.174 e. The highest BCUT2D eigenvalue weighted by Gasteiger charge is 2.13. The van der Waals surface area contributed by atoms with Crippen LogP contribution in [-0.2, 0) is 5.75 Å². The molecule has 0 amide bonds. The fourth-order valence-electron chi connectivity index (χ4n) is 3.15. The molecular weight excluding hydrogens is 376 g/mol. The molecule has 0 unspecified atom stereocenters. The van der Waals surface area contributed by atoms with Gasteiger partial charge in [0, 0.05) is 23.8 Å². The number of hydrogen-bond donors (Lipinski definition) is 0. The predicted molar refractivity (Wildman–Crippen MR) is 111 cm³/mol. The Morgan fingerprint density at radius 3 is 2.56 bits per heavy atom. The first-order valence-corrected chi connectivity index (χ1v) is 9.93. The molecule has 0 radical (unpaired) electrons. The number of fused-ring (bicyclic) bond motifs is 2. The Morgan fingerprint density at radius 1 is 0.852 bits per heavy atom. The van der Waals surface area contributed by atoms with Crippen LogP contribution >= 0.6 is 23.4 Å². The SMILES string of the molecule is Clc1ccc2nc(CSc3nc4ccccc4n3-c3ccccc3)cn2c1. The minimum Gasteiger partial charge on any atom is -0.305 e. The second-order valence-electron chi connectivity index (χ2n) is 6.19. The lowest BCUT2D eigenvalue weighted by Crippen LogP contribution is -1.96. The van der Waals surface area contributed by atoms with Crippen LogP contribution in [-0.4, -0.2) is 18.9 Å². The number of aromatic nitrogens is 4. The number of hydrogen-bond acceptors (Lipinski definition) is 3. The van der Waals surface area contributed by atoms with Crippen molar-refractivity contribution in [3.05, 3.63) is 89.8 Å². The minimum absolute atomic E-state index is 0.699. The van der Waals surface area contributed by atoms with Crippen molar-refractivity contribution in [3.63, 3.8) is 0 Å². The van der Waals surface area contributed by atoms with Crippen LogP contribution < -0.4 is 0 Å². The van der Waals surface area contributed by atoms with E-state index in [0.717, 1.165) is 39.0 Å². The van der Waals surface area contributed by atoms with E-state index < -0.39 is 0 Å². The quantitative estimate of drug-likeness (QED) is 0.373. The molecule has 0 aliphatic rings. The summed E-state index contributed by atoms with van der Waals surface area (Å²) in [7, 11) is 0. The molecule has 3 aromatic heterocycles. The Bertz CT molecular complexity index is 1240. The molecule has 132 valence electrons. The second-order valence-corrected chi connectivity index (χ2v) is 7.57. The molecule has 0 spiro atoms. The van der Waals surface area contributed by atoms with E-state index in [4.69, 9.17) is 16.6 Å². The lowest BCUT2D eigenvalue weighted by atomic mass is 10.3. The zero-order valence-corrected chi connectivity index (χ0v) is 15.9. The van der Waals surface area contributed by atoms with Gasteiger partial charge in [-0.2, -0.15) is 0 Å². The van der Waals surface area contributed by atoms with Crippen LogP contribution in [0.1, 0.15) is 5.69 Å². The number of imidazole rings is 2. The Morgan fingerprint density at radius 2 is 1.67 bits per heavy atom. The van der Waals surface area contributed by atoms with Crippen LogP contribution in [0.15, 0.2) is 84.3 Å². The van der Waals surface area contributed by atoms with Gasteiger partial charge in [0.25, 0.3) is 0 Å². The standard InChI is InChI=1S/C21H15ClN4S/c22-15-10-11-20-23-16(13-25(20)12-15)14-27-21-24-18-8-4-5-9-19(18)26(21)17-6-2-1-3-7-17/h1-13H,14H2. The molecule has 0 saturated carbocycles. The van der Waals surface area contributed by atoms with Crippen LogP contribution in [0.5, 0.6) is 0 Å². The molecular formula is C21H15ClN4S. The summed E-state index contributed by atoms with van der Waals surface area (Å²) in [6, 6.07) is 22.3.